The average Bonchev–Trinajstić information content (AvgIpc) is 2.20. The Bertz CT molecular complexity index is 198. The molecule has 0 aromatic rings. The van der Waals surface area contributed by atoms with Crippen LogP contribution in [-0.4, -0.2) is 35.4 Å². The van der Waals surface area contributed by atoms with Crippen molar-refractivity contribution in [1.29, 1.82) is 0 Å². The molecule has 0 aliphatic heterocycles. The predicted molar refractivity (Wildman–Crippen MR) is 62.7 cm³/mol. The topological polar surface area (TPSA) is 46.3 Å². The second kappa shape index (κ2) is 5.61. The van der Waals surface area contributed by atoms with E-state index < -0.39 is 0 Å². The van der Waals surface area contributed by atoms with Crippen LogP contribution in [0.1, 0.15) is 46.5 Å². The molecule has 0 aromatic heterocycles. The number of aldehydes is 1. The van der Waals surface area contributed by atoms with E-state index >= 15 is 0 Å². The van der Waals surface area contributed by atoms with E-state index in [-0.39, 0.29) is 6.04 Å². The highest BCUT2D eigenvalue weighted by Crippen LogP contribution is 2.25. The van der Waals surface area contributed by atoms with Crippen molar-refractivity contribution in [3.05, 3.63) is 0 Å². The van der Waals surface area contributed by atoms with Crippen LogP contribution >= 0.6 is 0 Å². The summed E-state index contributed by atoms with van der Waals surface area (Å²) in [6.07, 6.45) is 5.52. The zero-order valence-corrected chi connectivity index (χ0v) is 10.1. The van der Waals surface area contributed by atoms with Crippen molar-refractivity contribution in [3.63, 3.8) is 0 Å². The van der Waals surface area contributed by atoms with Crippen LogP contribution in [0.2, 0.25) is 0 Å². The minimum absolute atomic E-state index is 0.0318. The SMILES string of the molecule is CC(C)N(C1CCC(N)CC1)[C@@H](C)C=O. The van der Waals surface area contributed by atoms with Gasteiger partial charge in [0.25, 0.3) is 0 Å². The maximum atomic E-state index is 10.9. The van der Waals surface area contributed by atoms with Crippen molar-refractivity contribution in [2.45, 2.75) is 70.6 Å². The molecule has 1 aliphatic rings. The van der Waals surface area contributed by atoms with Gasteiger partial charge in [-0.05, 0) is 46.5 Å². The van der Waals surface area contributed by atoms with Crippen molar-refractivity contribution in [2.75, 3.05) is 0 Å². The van der Waals surface area contributed by atoms with Crippen LogP contribution in [0.15, 0.2) is 0 Å². The predicted octanol–water partition coefficient (Wildman–Crippen LogP) is 1.55. The summed E-state index contributed by atoms with van der Waals surface area (Å²) in [5, 5.41) is 0. The minimum atomic E-state index is 0.0318. The molecular weight excluding hydrogens is 188 g/mol. The van der Waals surface area contributed by atoms with Crippen molar-refractivity contribution in [2.24, 2.45) is 5.73 Å². The molecule has 1 saturated carbocycles. The summed E-state index contributed by atoms with van der Waals surface area (Å²) < 4.78 is 0. The Morgan fingerprint density at radius 2 is 1.73 bits per heavy atom. The van der Waals surface area contributed by atoms with E-state index in [1.165, 1.54) is 0 Å². The van der Waals surface area contributed by atoms with Crippen molar-refractivity contribution < 1.29 is 4.79 Å². The summed E-state index contributed by atoms with van der Waals surface area (Å²) in [6.45, 7) is 6.31. The number of nitrogens with zero attached hydrogens (tertiary/aromatic N) is 1. The first-order valence-electron chi connectivity index (χ1n) is 6.04. The molecule has 0 bridgehead atoms. The van der Waals surface area contributed by atoms with E-state index in [9.17, 15) is 4.79 Å². The number of carbonyl (C=O) groups is 1. The summed E-state index contributed by atoms with van der Waals surface area (Å²) in [5.74, 6) is 0. The third-order valence-corrected chi connectivity index (χ3v) is 3.43. The van der Waals surface area contributed by atoms with Gasteiger partial charge in [0, 0.05) is 18.1 Å². The smallest absolute Gasteiger partial charge is 0.136 e. The summed E-state index contributed by atoms with van der Waals surface area (Å²) in [4.78, 5) is 13.2. The zero-order chi connectivity index (χ0) is 11.4. The molecular formula is C12H24N2O. The molecule has 1 aliphatic carbocycles. The lowest BCUT2D eigenvalue weighted by molar-refractivity contribution is -0.113. The second-order valence-corrected chi connectivity index (χ2v) is 4.99. The van der Waals surface area contributed by atoms with Crippen LogP contribution in [0.3, 0.4) is 0 Å². The maximum absolute atomic E-state index is 10.9. The first kappa shape index (κ1) is 12.7. The van der Waals surface area contributed by atoms with E-state index in [2.05, 4.69) is 18.7 Å². The molecule has 1 fully saturated rings. The quantitative estimate of drug-likeness (QED) is 0.719. The summed E-state index contributed by atoms with van der Waals surface area (Å²) >= 11 is 0. The summed E-state index contributed by atoms with van der Waals surface area (Å²) in [7, 11) is 0. The van der Waals surface area contributed by atoms with Gasteiger partial charge in [0.1, 0.15) is 6.29 Å². The molecule has 0 amide bonds. The van der Waals surface area contributed by atoms with Gasteiger partial charge in [-0.15, -0.1) is 0 Å². The molecule has 1 atom stereocenters. The van der Waals surface area contributed by atoms with Gasteiger partial charge in [0.15, 0.2) is 0 Å². The molecule has 3 nitrogen and oxygen atoms in total. The number of nitrogens with two attached hydrogens (primary N) is 1. The normalized spacial score (nSPS) is 29.5. The molecule has 0 saturated heterocycles. The summed E-state index contributed by atoms with van der Waals surface area (Å²) in [6, 6.07) is 1.39. The Kier molecular flexibility index (Phi) is 4.74. The van der Waals surface area contributed by atoms with Crippen LogP contribution < -0.4 is 5.73 Å². The van der Waals surface area contributed by atoms with Gasteiger partial charge in [-0.2, -0.15) is 0 Å². The lowest BCUT2D eigenvalue weighted by atomic mass is 9.89. The Morgan fingerprint density at radius 3 is 2.13 bits per heavy atom. The second-order valence-electron chi connectivity index (χ2n) is 4.99. The van der Waals surface area contributed by atoms with E-state index in [0.717, 1.165) is 32.0 Å². The monoisotopic (exact) mass is 212 g/mol. The fraction of sp³-hybridized carbons (Fsp3) is 0.917. The molecule has 2 N–H and O–H groups in total. The first-order valence-corrected chi connectivity index (χ1v) is 6.04. The molecule has 0 unspecified atom stereocenters. The Labute approximate surface area is 93.0 Å². The maximum Gasteiger partial charge on any atom is 0.136 e. The van der Waals surface area contributed by atoms with Gasteiger partial charge >= 0.3 is 0 Å². The highest BCUT2D eigenvalue weighted by molar-refractivity contribution is 5.56. The van der Waals surface area contributed by atoms with Gasteiger partial charge in [-0.3, -0.25) is 4.90 Å². The van der Waals surface area contributed by atoms with E-state index in [4.69, 9.17) is 5.73 Å². The Morgan fingerprint density at radius 1 is 1.20 bits per heavy atom. The van der Waals surface area contributed by atoms with Crippen LogP contribution in [0.4, 0.5) is 0 Å². The number of hydrogen-bond acceptors (Lipinski definition) is 3. The molecule has 0 aromatic carbocycles. The van der Waals surface area contributed by atoms with Gasteiger partial charge in [0.05, 0.1) is 6.04 Å². The average molecular weight is 212 g/mol. The van der Waals surface area contributed by atoms with E-state index in [1.807, 2.05) is 6.92 Å². The Balaban J connectivity index is 2.60. The lowest BCUT2D eigenvalue weighted by Crippen LogP contribution is -2.49. The van der Waals surface area contributed by atoms with Gasteiger partial charge < -0.3 is 10.5 Å². The van der Waals surface area contributed by atoms with Crippen molar-refractivity contribution in [3.8, 4) is 0 Å². The van der Waals surface area contributed by atoms with Gasteiger partial charge in [-0.25, -0.2) is 0 Å². The fourth-order valence-corrected chi connectivity index (χ4v) is 2.69. The van der Waals surface area contributed by atoms with Gasteiger partial charge in [-0.1, -0.05) is 0 Å². The molecule has 15 heavy (non-hydrogen) atoms. The van der Waals surface area contributed by atoms with Crippen molar-refractivity contribution >= 4 is 6.29 Å². The molecule has 0 spiro atoms. The zero-order valence-electron chi connectivity index (χ0n) is 10.1. The number of hydrogen-bond donors (Lipinski definition) is 1. The molecule has 88 valence electrons. The standard InChI is InChI=1S/C12H24N2O/c1-9(2)14(10(3)8-15)12-6-4-11(13)5-7-12/h8-12H,4-7,13H2,1-3H3/t10-,11?,12?/m0/s1. The third-order valence-electron chi connectivity index (χ3n) is 3.43. The van der Waals surface area contributed by atoms with Gasteiger partial charge in [0.2, 0.25) is 0 Å². The fourth-order valence-electron chi connectivity index (χ4n) is 2.69. The minimum Gasteiger partial charge on any atom is -0.328 e. The number of carbonyl (C=O) groups excluding carboxylic acids is 1. The molecule has 1 rings (SSSR count). The van der Waals surface area contributed by atoms with Crippen LogP contribution in [0.25, 0.3) is 0 Å². The summed E-state index contributed by atoms with van der Waals surface area (Å²) in [5.41, 5.74) is 5.89. The number of rotatable bonds is 4. The van der Waals surface area contributed by atoms with Crippen LogP contribution in [0.5, 0.6) is 0 Å². The molecule has 0 radical (unpaired) electrons. The lowest BCUT2D eigenvalue weighted by Gasteiger charge is -2.40. The third kappa shape index (κ3) is 3.28. The largest absolute Gasteiger partial charge is 0.328 e. The first-order chi connectivity index (χ1) is 7.06. The molecule has 3 heteroatoms. The van der Waals surface area contributed by atoms with Crippen LogP contribution in [0, 0.1) is 0 Å². The van der Waals surface area contributed by atoms with E-state index in [1.54, 1.807) is 0 Å². The highest BCUT2D eigenvalue weighted by atomic mass is 16.1. The molecule has 0 heterocycles. The van der Waals surface area contributed by atoms with Crippen LogP contribution in [-0.2, 0) is 4.79 Å². The van der Waals surface area contributed by atoms with Crippen molar-refractivity contribution in [1.82, 2.24) is 4.90 Å². The highest BCUT2D eigenvalue weighted by Gasteiger charge is 2.28. The van der Waals surface area contributed by atoms with E-state index in [0.29, 0.717) is 18.1 Å². The Hall–Kier alpha value is -0.410.